The van der Waals surface area contributed by atoms with Crippen molar-refractivity contribution >= 4 is 15.9 Å². The highest BCUT2D eigenvalue weighted by Gasteiger charge is 2.44. The van der Waals surface area contributed by atoms with Gasteiger partial charge in [0, 0.05) is 44.7 Å². The van der Waals surface area contributed by atoms with Crippen LogP contribution >= 0.6 is 0 Å². The monoisotopic (exact) mass is 380 g/mol. The van der Waals surface area contributed by atoms with Gasteiger partial charge >= 0.3 is 0 Å². The molecule has 3 rings (SSSR count). The van der Waals surface area contributed by atoms with Gasteiger partial charge in [-0.3, -0.25) is 15.6 Å². The van der Waals surface area contributed by atoms with E-state index in [0.717, 1.165) is 5.56 Å². The quantitative estimate of drug-likeness (QED) is 0.770. The molecule has 2 aliphatic rings. The Bertz CT molecular complexity index is 707. The molecule has 8 heteroatoms. The second-order valence-electron chi connectivity index (χ2n) is 7.14. The summed E-state index contributed by atoms with van der Waals surface area (Å²) in [6.07, 6.45) is 1.17. The number of hydrazine groups is 1. The molecule has 0 bridgehead atoms. The number of hydrogen-bond donors (Lipinski definition) is 2. The van der Waals surface area contributed by atoms with Crippen molar-refractivity contribution in [3.8, 4) is 0 Å². The number of sulfonamides is 1. The number of rotatable bonds is 5. The summed E-state index contributed by atoms with van der Waals surface area (Å²) in [4.78, 5) is 14.2. The molecular weight excluding hydrogens is 352 g/mol. The first-order valence-corrected chi connectivity index (χ1v) is 10.7. The third-order valence-electron chi connectivity index (χ3n) is 5.29. The van der Waals surface area contributed by atoms with Crippen molar-refractivity contribution in [1.29, 1.82) is 0 Å². The highest BCUT2D eigenvalue weighted by Crippen LogP contribution is 2.21. The molecule has 0 aromatic heterocycles. The van der Waals surface area contributed by atoms with E-state index >= 15 is 0 Å². The van der Waals surface area contributed by atoms with Crippen LogP contribution in [0.25, 0.3) is 0 Å². The van der Waals surface area contributed by atoms with Crippen LogP contribution in [0.1, 0.15) is 25.8 Å². The number of amides is 1. The SMILES string of the molecule is CC1NNC(C)C1S(=O)(=O)N1CCN(C(=O)CCc2ccccc2)CC1. The van der Waals surface area contributed by atoms with Crippen LogP contribution in [0.4, 0.5) is 0 Å². The van der Waals surface area contributed by atoms with Gasteiger partial charge in [-0.2, -0.15) is 4.31 Å². The number of carbonyl (C=O) groups excluding carboxylic acids is 1. The van der Waals surface area contributed by atoms with Crippen LogP contribution in [-0.2, 0) is 21.2 Å². The minimum Gasteiger partial charge on any atom is -0.340 e. The smallest absolute Gasteiger partial charge is 0.222 e. The highest BCUT2D eigenvalue weighted by molar-refractivity contribution is 7.89. The van der Waals surface area contributed by atoms with Crippen LogP contribution in [0, 0.1) is 0 Å². The van der Waals surface area contributed by atoms with E-state index in [2.05, 4.69) is 10.9 Å². The number of nitrogens with zero attached hydrogens (tertiary/aromatic N) is 2. The molecule has 2 atom stereocenters. The molecule has 2 unspecified atom stereocenters. The summed E-state index contributed by atoms with van der Waals surface area (Å²) in [7, 11) is -3.39. The zero-order chi connectivity index (χ0) is 18.7. The van der Waals surface area contributed by atoms with Crippen LogP contribution in [0.3, 0.4) is 0 Å². The highest BCUT2D eigenvalue weighted by atomic mass is 32.2. The van der Waals surface area contributed by atoms with Gasteiger partial charge in [-0.05, 0) is 25.8 Å². The number of aryl methyl sites for hydroxylation is 1. The molecule has 0 radical (unpaired) electrons. The molecule has 1 amide bonds. The Morgan fingerprint density at radius 1 is 1.04 bits per heavy atom. The van der Waals surface area contributed by atoms with Crippen molar-refractivity contribution in [3.63, 3.8) is 0 Å². The predicted molar refractivity (Wildman–Crippen MR) is 101 cm³/mol. The van der Waals surface area contributed by atoms with Crippen molar-refractivity contribution in [2.24, 2.45) is 0 Å². The van der Waals surface area contributed by atoms with Crippen molar-refractivity contribution < 1.29 is 13.2 Å². The Kier molecular flexibility index (Phi) is 5.96. The Morgan fingerprint density at radius 3 is 2.19 bits per heavy atom. The standard InChI is InChI=1S/C18H28N4O3S/c1-14-18(15(2)20-19-14)26(24,25)22-12-10-21(11-13-22)17(23)9-8-16-6-4-3-5-7-16/h3-7,14-15,18-20H,8-13H2,1-2H3. The number of benzene rings is 1. The van der Waals surface area contributed by atoms with Gasteiger partial charge in [0.05, 0.1) is 0 Å². The Labute approximate surface area is 155 Å². The summed E-state index contributed by atoms with van der Waals surface area (Å²) in [6.45, 7) is 5.42. The van der Waals surface area contributed by atoms with Gasteiger partial charge in [0.2, 0.25) is 15.9 Å². The van der Waals surface area contributed by atoms with E-state index in [-0.39, 0.29) is 18.0 Å². The lowest BCUT2D eigenvalue weighted by Gasteiger charge is -2.36. The van der Waals surface area contributed by atoms with Gasteiger partial charge in [0.1, 0.15) is 5.25 Å². The molecule has 2 N–H and O–H groups in total. The third-order valence-corrected chi connectivity index (χ3v) is 7.88. The number of carbonyl (C=O) groups is 1. The molecule has 1 aromatic rings. The van der Waals surface area contributed by atoms with E-state index in [1.54, 1.807) is 9.21 Å². The zero-order valence-corrected chi connectivity index (χ0v) is 16.2. The lowest BCUT2D eigenvalue weighted by molar-refractivity contribution is -0.132. The summed E-state index contributed by atoms with van der Waals surface area (Å²) in [6, 6.07) is 9.66. The van der Waals surface area contributed by atoms with Crippen LogP contribution in [0.5, 0.6) is 0 Å². The van der Waals surface area contributed by atoms with Gasteiger partial charge in [-0.15, -0.1) is 0 Å². The molecule has 2 aliphatic heterocycles. The van der Waals surface area contributed by atoms with E-state index in [0.29, 0.717) is 39.0 Å². The minimum absolute atomic E-state index is 0.0943. The van der Waals surface area contributed by atoms with E-state index in [1.165, 1.54) is 0 Å². The van der Waals surface area contributed by atoms with Gasteiger partial charge in [0.15, 0.2) is 0 Å². The first kappa shape index (κ1) is 19.3. The molecule has 2 saturated heterocycles. The fraction of sp³-hybridized carbons (Fsp3) is 0.611. The second-order valence-corrected chi connectivity index (χ2v) is 9.23. The van der Waals surface area contributed by atoms with Crippen LogP contribution in [0.2, 0.25) is 0 Å². The summed E-state index contributed by atoms with van der Waals surface area (Å²) in [5, 5.41) is -0.483. The van der Waals surface area contributed by atoms with Crippen LogP contribution in [0.15, 0.2) is 30.3 Å². The lowest BCUT2D eigenvalue weighted by Crippen LogP contribution is -2.55. The number of hydrogen-bond acceptors (Lipinski definition) is 5. The van der Waals surface area contributed by atoms with Crippen LogP contribution < -0.4 is 10.9 Å². The molecule has 0 spiro atoms. The van der Waals surface area contributed by atoms with Crippen molar-refractivity contribution in [3.05, 3.63) is 35.9 Å². The van der Waals surface area contributed by atoms with E-state index < -0.39 is 15.3 Å². The van der Waals surface area contributed by atoms with Crippen molar-refractivity contribution in [1.82, 2.24) is 20.1 Å². The fourth-order valence-corrected chi connectivity index (χ4v) is 5.98. The van der Waals surface area contributed by atoms with E-state index in [1.807, 2.05) is 44.2 Å². The molecular formula is C18H28N4O3S. The topological polar surface area (TPSA) is 81.8 Å². The molecule has 144 valence electrons. The van der Waals surface area contributed by atoms with Crippen LogP contribution in [-0.4, -0.2) is 67.0 Å². The summed E-state index contributed by atoms with van der Waals surface area (Å²) in [5.41, 5.74) is 7.15. The molecule has 26 heavy (non-hydrogen) atoms. The number of nitrogens with one attached hydrogen (secondary N) is 2. The normalized spacial score (nSPS) is 27.6. The maximum Gasteiger partial charge on any atom is 0.222 e. The molecule has 7 nitrogen and oxygen atoms in total. The summed E-state index contributed by atoms with van der Waals surface area (Å²) >= 11 is 0. The zero-order valence-electron chi connectivity index (χ0n) is 15.4. The predicted octanol–water partition coefficient (Wildman–Crippen LogP) is 0.347. The summed E-state index contributed by atoms with van der Waals surface area (Å²) in [5.74, 6) is 0.0943. The first-order chi connectivity index (χ1) is 12.4. The average molecular weight is 381 g/mol. The van der Waals surface area contributed by atoms with E-state index in [4.69, 9.17) is 0 Å². The van der Waals surface area contributed by atoms with Gasteiger partial charge < -0.3 is 4.90 Å². The van der Waals surface area contributed by atoms with Gasteiger partial charge in [-0.25, -0.2) is 8.42 Å². The van der Waals surface area contributed by atoms with Crippen molar-refractivity contribution in [2.75, 3.05) is 26.2 Å². The first-order valence-electron chi connectivity index (χ1n) is 9.21. The molecule has 2 heterocycles. The van der Waals surface area contributed by atoms with Gasteiger partial charge in [0.25, 0.3) is 0 Å². The minimum atomic E-state index is -3.39. The maximum atomic E-state index is 12.9. The molecule has 0 saturated carbocycles. The molecule has 2 fully saturated rings. The third kappa shape index (κ3) is 4.09. The Hall–Kier alpha value is -1.48. The molecule has 1 aromatic carbocycles. The molecule has 0 aliphatic carbocycles. The Morgan fingerprint density at radius 2 is 1.62 bits per heavy atom. The summed E-state index contributed by atoms with van der Waals surface area (Å²) < 4.78 is 27.4. The second kappa shape index (κ2) is 8.04. The van der Waals surface area contributed by atoms with Gasteiger partial charge in [-0.1, -0.05) is 30.3 Å². The maximum absolute atomic E-state index is 12.9. The number of piperazine rings is 1. The largest absolute Gasteiger partial charge is 0.340 e. The van der Waals surface area contributed by atoms with Crippen molar-refractivity contribution in [2.45, 2.75) is 44.0 Å². The average Bonchev–Trinajstić information content (AvgIpc) is 2.99. The Balaban J connectivity index is 1.53. The lowest BCUT2D eigenvalue weighted by atomic mass is 10.1. The fourth-order valence-electron chi connectivity index (χ4n) is 3.79. The van der Waals surface area contributed by atoms with E-state index in [9.17, 15) is 13.2 Å².